The Bertz CT molecular complexity index is 913. The predicted molar refractivity (Wildman–Crippen MR) is 120 cm³/mol. The van der Waals surface area contributed by atoms with Gasteiger partial charge in [0.05, 0.1) is 13.1 Å². The number of likely N-dealkylation sites (N-methyl/N-ethyl adjacent to an activating group) is 1. The second-order valence-corrected chi connectivity index (χ2v) is 7.78. The molecule has 7 nitrogen and oxygen atoms in total. The molecule has 0 saturated heterocycles. The van der Waals surface area contributed by atoms with Crippen LogP contribution < -0.4 is 10.6 Å². The van der Waals surface area contributed by atoms with E-state index in [-0.39, 0.29) is 36.7 Å². The molecule has 2 rings (SSSR count). The van der Waals surface area contributed by atoms with Gasteiger partial charge in [0.25, 0.3) is 0 Å². The molecule has 1 heterocycles. The number of aromatic nitrogens is 1. The maximum Gasteiger partial charge on any atom is 0.238 e. The second-order valence-electron chi connectivity index (χ2n) is 7.78. The molecule has 162 valence electrons. The van der Waals surface area contributed by atoms with Gasteiger partial charge in [-0.3, -0.25) is 19.3 Å². The molecule has 0 aliphatic rings. The van der Waals surface area contributed by atoms with Crippen molar-refractivity contribution in [3.63, 3.8) is 0 Å². The minimum Gasteiger partial charge on any atom is -0.346 e. The van der Waals surface area contributed by atoms with E-state index in [0.717, 1.165) is 11.4 Å². The van der Waals surface area contributed by atoms with Gasteiger partial charge in [0, 0.05) is 41.3 Å². The Hall–Kier alpha value is -2.93. The maximum atomic E-state index is 12.9. The molecule has 0 aliphatic heterocycles. The Labute approximate surface area is 178 Å². The molecule has 0 bridgehead atoms. The van der Waals surface area contributed by atoms with Gasteiger partial charge < -0.3 is 15.2 Å². The average Bonchev–Trinajstić information content (AvgIpc) is 2.96. The van der Waals surface area contributed by atoms with Crippen molar-refractivity contribution in [2.45, 2.75) is 47.6 Å². The summed E-state index contributed by atoms with van der Waals surface area (Å²) in [7, 11) is 0. The van der Waals surface area contributed by atoms with Crippen LogP contribution in [0.4, 0.5) is 11.4 Å². The first-order valence-corrected chi connectivity index (χ1v) is 10.2. The molecular weight excluding hydrogens is 380 g/mol. The van der Waals surface area contributed by atoms with Gasteiger partial charge in [-0.25, -0.2) is 0 Å². The van der Waals surface area contributed by atoms with Crippen LogP contribution in [-0.4, -0.2) is 46.7 Å². The molecule has 0 atom stereocenters. The fourth-order valence-electron chi connectivity index (χ4n) is 3.67. The van der Waals surface area contributed by atoms with E-state index < -0.39 is 0 Å². The summed E-state index contributed by atoms with van der Waals surface area (Å²) in [4.78, 5) is 38.2. The first-order chi connectivity index (χ1) is 14.1. The number of carbonyl (C=O) groups is 3. The zero-order valence-corrected chi connectivity index (χ0v) is 18.7. The van der Waals surface area contributed by atoms with E-state index in [1.54, 1.807) is 24.3 Å². The smallest absolute Gasteiger partial charge is 0.238 e. The molecule has 30 heavy (non-hydrogen) atoms. The van der Waals surface area contributed by atoms with Gasteiger partial charge in [0.2, 0.25) is 11.8 Å². The number of nitrogens with zero attached hydrogens (tertiary/aromatic N) is 2. The zero-order chi connectivity index (χ0) is 22.4. The third-order valence-electron chi connectivity index (χ3n) is 4.97. The van der Waals surface area contributed by atoms with Crippen molar-refractivity contribution in [1.82, 2.24) is 9.47 Å². The Kier molecular flexibility index (Phi) is 7.94. The lowest BCUT2D eigenvalue weighted by atomic mass is 10.1. The zero-order valence-electron chi connectivity index (χ0n) is 18.7. The van der Waals surface area contributed by atoms with Crippen LogP contribution in [0, 0.1) is 13.8 Å². The highest BCUT2D eigenvalue weighted by Crippen LogP contribution is 2.21. The molecule has 1 aromatic carbocycles. The lowest BCUT2D eigenvalue weighted by Gasteiger charge is -2.19. The van der Waals surface area contributed by atoms with Gasteiger partial charge in [-0.05, 0) is 64.6 Å². The molecule has 0 radical (unpaired) electrons. The fourth-order valence-corrected chi connectivity index (χ4v) is 3.67. The molecule has 2 aromatic rings. The van der Waals surface area contributed by atoms with Gasteiger partial charge in [0.15, 0.2) is 5.78 Å². The summed E-state index contributed by atoms with van der Waals surface area (Å²) in [6.07, 6.45) is 0. The second kappa shape index (κ2) is 10.2. The normalized spacial score (nSPS) is 11.1. The van der Waals surface area contributed by atoms with E-state index >= 15 is 0 Å². The monoisotopic (exact) mass is 412 g/mol. The average molecular weight is 413 g/mol. The van der Waals surface area contributed by atoms with Gasteiger partial charge >= 0.3 is 0 Å². The lowest BCUT2D eigenvalue weighted by Crippen LogP contribution is -2.37. The standard InChI is InChI=1S/C23H32N4O3/c1-7-26(13-22(29)21-12-16(4)27(15(2)3)17(21)5)14-23(30)25-20-10-8-19(9-11-20)24-18(6)28/h8-12,15H,7,13-14H2,1-6H3,(H,24,28)(H,25,30). The van der Waals surface area contributed by atoms with Gasteiger partial charge in [-0.15, -0.1) is 0 Å². The van der Waals surface area contributed by atoms with Crippen LogP contribution in [0.2, 0.25) is 0 Å². The van der Waals surface area contributed by atoms with Gasteiger partial charge in [-0.1, -0.05) is 6.92 Å². The van der Waals surface area contributed by atoms with Crippen molar-refractivity contribution in [1.29, 1.82) is 0 Å². The highest BCUT2D eigenvalue weighted by molar-refractivity contribution is 5.99. The van der Waals surface area contributed by atoms with Gasteiger partial charge in [-0.2, -0.15) is 0 Å². The molecule has 0 saturated carbocycles. The number of amides is 2. The number of anilines is 2. The molecule has 0 unspecified atom stereocenters. The summed E-state index contributed by atoms with van der Waals surface area (Å²) < 4.78 is 2.15. The fraction of sp³-hybridized carbons (Fsp3) is 0.435. The van der Waals surface area contributed by atoms with E-state index in [1.165, 1.54) is 6.92 Å². The number of hydrogen-bond acceptors (Lipinski definition) is 4. The largest absolute Gasteiger partial charge is 0.346 e. The summed E-state index contributed by atoms with van der Waals surface area (Å²) in [5.74, 6) is -0.321. The SMILES string of the molecule is CCN(CC(=O)Nc1ccc(NC(C)=O)cc1)CC(=O)c1cc(C)n(C(C)C)c1C. The van der Waals surface area contributed by atoms with Crippen LogP contribution in [0.25, 0.3) is 0 Å². The first kappa shape index (κ1) is 23.3. The summed E-state index contributed by atoms with van der Waals surface area (Å²) in [6.45, 7) is 12.4. The highest BCUT2D eigenvalue weighted by Gasteiger charge is 2.20. The minimum absolute atomic E-state index is 0.0179. The predicted octanol–water partition coefficient (Wildman–Crippen LogP) is 3.79. The number of nitrogens with one attached hydrogen (secondary N) is 2. The number of carbonyl (C=O) groups excluding carboxylic acids is 3. The molecule has 2 N–H and O–H groups in total. The molecular formula is C23H32N4O3. The first-order valence-electron chi connectivity index (χ1n) is 10.2. The minimum atomic E-state index is -0.190. The maximum absolute atomic E-state index is 12.9. The summed E-state index contributed by atoms with van der Waals surface area (Å²) >= 11 is 0. The third-order valence-corrected chi connectivity index (χ3v) is 4.97. The Morgan fingerprint density at radius 1 is 1.00 bits per heavy atom. The number of Topliss-reactive ketones (excluding diaryl/α,β-unsaturated/α-hetero) is 1. The quantitative estimate of drug-likeness (QED) is 0.614. The van der Waals surface area contributed by atoms with E-state index in [9.17, 15) is 14.4 Å². The summed E-state index contributed by atoms with van der Waals surface area (Å²) in [5, 5.41) is 5.51. The van der Waals surface area contributed by atoms with Crippen LogP contribution in [0.5, 0.6) is 0 Å². The number of rotatable bonds is 9. The number of benzene rings is 1. The van der Waals surface area contributed by atoms with Crippen LogP contribution >= 0.6 is 0 Å². The Morgan fingerprint density at radius 2 is 1.57 bits per heavy atom. The molecule has 0 fully saturated rings. The van der Waals surface area contributed by atoms with Crippen molar-refractivity contribution >= 4 is 29.0 Å². The molecule has 2 amide bonds. The van der Waals surface area contributed by atoms with Crippen molar-refractivity contribution < 1.29 is 14.4 Å². The van der Waals surface area contributed by atoms with Crippen LogP contribution in [-0.2, 0) is 9.59 Å². The van der Waals surface area contributed by atoms with Gasteiger partial charge in [0.1, 0.15) is 0 Å². The molecule has 7 heteroatoms. The van der Waals surface area contributed by atoms with Crippen LogP contribution in [0.1, 0.15) is 55.5 Å². The number of hydrogen-bond donors (Lipinski definition) is 2. The van der Waals surface area contributed by atoms with Crippen molar-refractivity contribution in [3.8, 4) is 0 Å². The molecule has 0 aliphatic carbocycles. The van der Waals surface area contributed by atoms with E-state index in [4.69, 9.17) is 0 Å². The van der Waals surface area contributed by atoms with Crippen LogP contribution in [0.15, 0.2) is 30.3 Å². The van der Waals surface area contributed by atoms with Crippen molar-refractivity contribution in [2.75, 3.05) is 30.3 Å². The Balaban J connectivity index is 1.98. The third kappa shape index (κ3) is 6.03. The summed E-state index contributed by atoms with van der Waals surface area (Å²) in [6, 6.07) is 9.13. The van der Waals surface area contributed by atoms with E-state index in [1.807, 2.05) is 31.7 Å². The van der Waals surface area contributed by atoms with Crippen molar-refractivity contribution in [3.05, 3.63) is 47.3 Å². The van der Waals surface area contributed by atoms with E-state index in [2.05, 4.69) is 29.0 Å². The van der Waals surface area contributed by atoms with E-state index in [0.29, 0.717) is 23.5 Å². The topological polar surface area (TPSA) is 83.4 Å². The number of ketones is 1. The highest BCUT2D eigenvalue weighted by atomic mass is 16.2. The lowest BCUT2D eigenvalue weighted by molar-refractivity contribution is -0.117. The van der Waals surface area contributed by atoms with Crippen molar-refractivity contribution in [2.24, 2.45) is 0 Å². The molecule has 0 spiro atoms. The van der Waals surface area contributed by atoms with Crippen LogP contribution in [0.3, 0.4) is 0 Å². The number of aryl methyl sites for hydroxylation is 1. The Morgan fingerprint density at radius 3 is 2.03 bits per heavy atom. The molecule has 1 aromatic heterocycles. The summed E-state index contributed by atoms with van der Waals surface area (Å²) in [5.41, 5.74) is 4.05.